The highest BCUT2D eigenvalue weighted by Crippen LogP contribution is 2.35. The second-order valence-electron chi connectivity index (χ2n) is 8.75. The fraction of sp³-hybridized carbons (Fsp3) is 0.385. The minimum absolute atomic E-state index is 0.219. The van der Waals surface area contributed by atoms with E-state index in [-0.39, 0.29) is 6.10 Å². The van der Waals surface area contributed by atoms with E-state index >= 15 is 0 Å². The van der Waals surface area contributed by atoms with Crippen molar-refractivity contribution < 1.29 is 9.47 Å². The molecule has 2 aromatic carbocycles. The lowest BCUT2D eigenvalue weighted by Crippen LogP contribution is -2.35. The van der Waals surface area contributed by atoms with Gasteiger partial charge in [-0.05, 0) is 77.1 Å². The van der Waals surface area contributed by atoms with Crippen LogP contribution >= 0.6 is 23.5 Å². The third-order valence-corrected chi connectivity index (χ3v) is 6.83. The summed E-state index contributed by atoms with van der Waals surface area (Å²) in [6, 6.07) is 13.8. The minimum Gasteiger partial charge on any atom is -0.492 e. The fourth-order valence-corrected chi connectivity index (χ4v) is 4.75. The fourth-order valence-electron chi connectivity index (χ4n) is 3.86. The molecule has 1 aromatic heterocycles. The Balaban J connectivity index is 1.51. The molecule has 4 rings (SSSR count). The summed E-state index contributed by atoms with van der Waals surface area (Å²) in [7, 11) is 6.15. The summed E-state index contributed by atoms with van der Waals surface area (Å²) >= 11 is 8.05. The Kier molecular flexibility index (Phi) is 9.14. The largest absolute Gasteiger partial charge is 0.492 e. The zero-order valence-corrected chi connectivity index (χ0v) is 22.7. The van der Waals surface area contributed by atoms with Gasteiger partial charge in [0.05, 0.1) is 24.2 Å². The van der Waals surface area contributed by atoms with Crippen molar-refractivity contribution in [1.82, 2.24) is 19.2 Å². The second-order valence-corrected chi connectivity index (χ2v) is 10.5. The van der Waals surface area contributed by atoms with Crippen LogP contribution in [0, 0.1) is 0 Å². The van der Waals surface area contributed by atoms with Crippen molar-refractivity contribution in [3.05, 3.63) is 53.7 Å². The van der Waals surface area contributed by atoms with Crippen LogP contribution in [0.3, 0.4) is 0 Å². The summed E-state index contributed by atoms with van der Waals surface area (Å²) in [5.74, 6) is 2.40. The van der Waals surface area contributed by atoms with Crippen LogP contribution in [0.4, 0.5) is 23.1 Å². The Morgan fingerprint density at radius 3 is 2.64 bits per heavy atom. The van der Waals surface area contributed by atoms with E-state index in [0.29, 0.717) is 29.1 Å². The summed E-state index contributed by atoms with van der Waals surface area (Å²) in [5.41, 5.74) is 1.66. The van der Waals surface area contributed by atoms with Gasteiger partial charge in [-0.3, -0.25) is 4.31 Å². The van der Waals surface area contributed by atoms with E-state index in [1.54, 1.807) is 18.1 Å². The predicted octanol–water partition coefficient (Wildman–Crippen LogP) is 6.06. The van der Waals surface area contributed by atoms with Gasteiger partial charge in [0.25, 0.3) is 0 Å². The average molecular weight is 529 g/mol. The Morgan fingerprint density at radius 2 is 1.89 bits per heavy atom. The molecule has 1 aliphatic rings. The number of aromatic nitrogens is 2. The number of hydrogen-bond acceptors (Lipinski definition) is 9. The topological polar surface area (TPSA) is 74.8 Å². The second kappa shape index (κ2) is 12.5. The minimum atomic E-state index is 0.219. The maximum Gasteiger partial charge on any atom is 0.229 e. The van der Waals surface area contributed by atoms with Crippen LogP contribution in [0.15, 0.2) is 53.6 Å². The molecule has 36 heavy (non-hydrogen) atoms. The zero-order valence-electron chi connectivity index (χ0n) is 21.1. The lowest BCUT2D eigenvalue weighted by molar-refractivity contribution is 0.114. The number of rotatable bonds is 10. The molecule has 1 aliphatic heterocycles. The van der Waals surface area contributed by atoms with Crippen molar-refractivity contribution in [2.75, 3.05) is 51.5 Å². The molecule has 1 fully saturated rings. The van der Waals surface area contributed by atoms with Crippen LogP contribution in [-0.2, 0) is 0 Å². The number of piperidine rings is 1. The number of nitrogens with zero attached hydrogens (tertiary/aromatic N) is 4. The van der Waals surface area contributed by atoms with E-state index in [9.17, 15) is 0 Å². The molecule has 0 spiro atoms. The first-order chi connectivity index (χ1) is 17.4. The van der Waals surface area contributed by atoms with Crippen molar-refractivity contribution in [2.45, 2.75) is 30.8 Å². The van der Waals surface area contributed by atoms with Crippen molar-refractivity contribution in [2.24, 2.45) is 0 Å². The van der Waals surface area contributed by atoms with E-state index in [4.69, 9.17) is 21.1 Å². The quantitative estimate of drug-likeness (QED) is 0.305. The predicted molar refractivity (Wildman–Crippen MR) is 148 cm³/mol. The zero-order chi connectivity index (χ0) is 25.5. The number of anilines is 4. The Bertz CT molecular complexity index is 1160. The lowest BCUT2D eigenvalue weighted by atomic mass is 10.1. The molecular weight excluding hydrogens is 496 g/mol. The number of nitrogens with one attached hydrogen (secondary N) is 2. The van der Waals surface area contributed by atoms with Crippen molar-refractivity contribution >= 4 is 46.7 Å². The summed E-state index contributed by atoms with van der Waals surface area (Å²) in [5, 5.41) is 7.05. The van der Waals surface area contributed by atoms with Gasteiger partial charge in [-0.1, -0.05) is 23.7 Å². The summed E-state index contributed by atoms with van der Waals surface area (Å²) in [4.78, 5) is 12.4. The third-order valence-electron chi connectivity index (χ3n) is 5.63. The summed E-state index contributed by atoms with van der Waals surface area (Å²) < 4.78 is 14.2. The summed E-state index contributed by atoms with van der Waals surface area (Å²) in [6.45, 7) is 4.58. The monoisotopic (exact) mass is 528 g/mol. The van der Waals surface area contributed by atoms with E-state index in [1.807, 2.05) is 67.8 Å². The molecule has 0 radical (unpaired) electrons. The Morgan fingerprint density at radius 1 is 1.11 bits per heavy atom. The van der Waals surface area contributed by atoms with Crippen molar-refractivity contribution in [1.29, 1.82) is 0 Å². The first-order valence-corrected chi connectivity index (χ1v) is 13.2. The van der Waals surface area contributed by atoms with E-state index in [2.05, 4.69) is 32.5 Å². The van der Waals surface area contributed by atoms with Crippen molar-refractivity contribution in [3.8, 4) is 11.5 Å². The first-order valence-electron chi connectivity index (χ1n) is 12.0. The number of hydrogen-bond donors (Lipinski definition) is 2. The smallest absolute Gasteiger partial charge is 0.229 e. The molecular formula is C26H33ClN6O2S. The van der Waals surface area contributed by atoms with Gasteiger partial charge in [0.15, 0.2) is 5.82 Å². The maximum absolute atomic E-state index is 6.43. The highest BCUT2D eigenvalue weighted by Gasteiger charge is 2.19. The van der Waals surface area contributed by atoms with Crippen molar-refractivity contribution in [3.63, 3.8) is 0 Å². The molecule has 0 atom stereocenters. The van der Waals surface area contributed by atoms with Gasteiger partial charge in [-0.15, -0.1) is 0 Å². The molecule has 2 N–H and O–H groups in total. The SMILES string of the molecule is CCOc1cc(OC2CCN(C)CC2)ccc1Nc1ncc(Cl)c(Nc2ccccc2SN(C)C)n1. The third kappa shape index (κ3) is 7.16. The maximum atomic E-state index is 6.43. The Hall–Kier alpha value is -2.72. The number of halogens is 1. The number of likely N-dealkylation sites (tertiary alicyclic amines) is 1. The molecule has 2 heterocycles. The van der Waals surface area contributed by atoms with E-state index < -0.39 is 0 Å². The van der Waals surface area contributed by atoms with Gasteiger partial charge < -0.3 is 25.0 Å². The number of para-hydroxylation sites is 1. The van der Waals surface area contributed by atoms with Crippen LogP contribution in [0.5, 0.6) is 11.5 Å². The first kappa shape index (κ1) is 26.3. The molecule has 8 nitrogen and oxygen atoms in total. The average Bonchev–Trinajstić information content (AvgIpc) is 2.85. The highest BCUT2D eigenvalue weighted by molar-refractivity contribution is 7.97. The molecule has 0 aliphatic carbocycles. The van der Waals surface area contributed by atoms with Gasteiger partial charge in [0, 0.05) is 24.1 Å². The lowest BCUT2D eigenvalue weighted by Gasteiger charge is -2.29. The standard InChI is InChI=1S/C26H33ClN6O2S/c1-5-34-23-16-19(35-18-12-14-33(4)15-13-18)10-11-21(23)30-26-28-17-20(27)25(31-26)29-22-8-6-7-9-24(22)36-32(2)3/h6-11,16-18H,5,12-15H2,1-4H3,(H2,28,29,30,31). The summed E-state index contributed by atoms with van der Waals surface area (Å²) in [6.07, 6.45) is 3.84. The number of benzene rings is 2. The van der Waals surface area contributed by atoms with Crippen LogP contribution in [0.25, 0.3) is 0 Å². The molecule has 1 saturated heterocycles. The molecule has 10 heteroatoms. The molecule has 0 amide bonds. The van der Waals surface area contributed by atoms with Crippen LogP contribution < -0.4 is 20.1 Å². The van der Waals surface area contributed by atoms with Crippen LogP contribution in [0.1, 0.15) is 19.8 Å². The molecule has 3 aromatic rings. The normalized spacial score (nSPS) is 14.6. The van der Waals surface area contributed by atoms with Gasteiger partial charge >= 0.3 is 0 Å². The van der Waals surface area contributed by atoms with Crippen LogP contribution in [0.2, 0.25) is 5.02 Å². The van der Waals surface area contributed by atoms with E-state index in [0.717, 1.165) is 48.0 Å². The molecule has 0 unspecified atom stereocenters. The molecule has 192 valence electrons. The number of ether oxygens (including phenoxy) is 2. The van der Waals surface area contributed by atoms with Gasteiger partial charge in [-0.25, -0.2) is 4.98 Å². The van der Waals surface area contributed by atoms with Gasteiger partial charge in [0.1, 0.15) is 22.6 Å². The van der Waals surface area contributed by atoms with Crippen LogP contribution in [-0.4, -0.2) is 66.1 Å². The highest BCUT2D eigenvalue weighted by atomic mass is 35.5. The van der Waals surface area contributed by atoms with E-state index in [1.165, 1.54) is 0 Å². The Labute approximate surface area is 222 Å². The molecule has 0 saturated carbocycles. The molecule has 0 bridgehead atoms. The van der Waals surface area contributed by atoms with Gasteiger partial charge in [0.2, 0.25) is 5.95 Å². The van der Waals surface area contributed by atoms with Gasteiger partial charge in [-0.2, -0.15) is 4.98 Å².